The average molecular weight is 375 g/mol. The van der Waals surface area contributed by atoms with Gasteiger partial charge in [-0.15, -0.1) is 0 Å². The van der Waals surface area contributed by atoms with Crippen molar-refractivity contribution in [3.63, 3.8) is 0 Å². The Bertz CT molecular complexity index is 690. The maximum Gasteiger partial charge on any atom is 0.494 e. The molecule has 1 unspecified atom stereocenters. The molecule has 6 nitrogen and oxygen atoms in total. The highest BCUT2D eigenvalue weighted by molar-refractivity contribution is 6.62. The summed E-state index contributed by atoms with van der Waals surface area (Å²) in [6.45, 7) is 11.9. The van der Waals surface area contributed by atoms with Crippen LogP contribution in [0.1, 0.15) is 40.2 Å². The molecule has 0 saturated carbocycles. The molecule has 2 heterocycles. The molecule has 0 radical (unpaired) electrons. The summed E-state index contributed by atoms with van der Waals surface area (Å²) in [5.41, 5.74) is 0.927. The van der Waals surface area contributed by atoms with Crippen LogP contribution in [0.25, 0.3) is 0 Å². The van der Waals surface area contributed by atoms with Gasteiger partial charge in [0.15, 0.2) is 0 Å². The van der Waals surface area contributed by atoms with E-state index in [0.717, 1.165) is 11.0 Å². The monoisotopic (exact) mass is 375 g/mol. The summed E-state index contributed by atoms with van der Waals surface area (Å²) >= 11 is 0. The van der Waals surface area contributed by atoms with Crippen molar-refractivity contribution in [2.24, 2.45) is 0 Å². The van der Waals surface area contributed by atoms with Crippen LogP contribution in [0, 0.1) is 0 Å². The molecule has 0 aliphatic carbocycles. The fourth-order valence-corrected chi connectivity index (χ4v) is 3.38. The summed E-state index contributed by atoms with van der Waals surface area (Å²) in [6.07, 6.45) is 0.351. The Hall–Kier alpha value is -1.57. The van der Waals surface area contributed by atoms with Crippen molar-refractivity contribution in [2.75, 3.05) is 26.8 Å². The first-order chi connectivity index (χ1) is 12.6. The molecule has 0 spiro atoms. The Morgan fingerprint density at radius 2 is 1.93 bits per heavy atom. The van der Waals surface area contributed by atoms with Crippen LogP contribution in [0.3, 0.4) is 0 Å². The molecule has 1 aromatic carbocycles. The highest BCUT2D eigenvalue weighted by atomic mass is 16.7. The number of hydrogen-bond acceptors (Lipinski definition) is 5. The minimum absolute atomic E-state index is 0.0701. The molecule has 1 atom stereocenters. The number of methoxy groups -OCH3 is 1. The van der Waals surface area contributed by atoms with Crippen LogP contribution >= 0.6 is 0 Å². The van der Waals surface area contributed by atoms with E-state index in [1.165, 1.54) is 0 Å². The maximum absolute atomic E-state index is 12.8. The van der Waals surface area contributed by atoms with Gasteiger partial charge in [-0.25, -0.2) is 0 Å². The Balaban J connectivity index is 1.79. The molecular weight excluding hydrogens is 345 g/mol. The summed E-state index contributed by atoms with van der Waals surface area (Å²) in [7, 11) is 1.16. The fraction of sp³-hybridized carbons (Fsp3) is 0.650. The van der Waals surface area contributed by atoms with Crippen molar-refractivity contribution in [2.45, 2.75) is 58.3 Å². The van der Waals surface area contributed by atoms with Gasteiger partial charge in [-0.2, -0.15) is 0 Å². The van der Waals surface area contributed by atoms with Crippen molar-refractivity contribution in [3.05, 3.63) is 23.8 Å². The van der Waals surface area contributed by atoms with Crippen LogP contribution in [0.4, 0.5) is 0 Å². The number of rotatable bonds is 4. The molecule has 0 bridgehead atoms. The number of amides is 1. The highest BCUT2D eigenvalue weighted by Gasteiger charge is 2.51. The molecule has 0 N–H and O–H groups in total. The largest absolute Gasteiger partial charge is 0.496 e. The molecule has 1 aromatic rings. The first-order valence-corrected chi connectivity index (χ1v) is 9.55. The SMILES string of the molecule is COc1ccc(B2OC(C)(C)C(C)(C)O2)cc1CC(=O)N1CCOC(C)C1. The van der Waals surface area contributed by atoms with Crippen LogP contribution < -0.4 is 10.2 Å². The third-order valence-electron chi connectivity index (χ3n) is 5.77. The van der Waals surface area contributed by atoms with Gasteiger partial charge < -0.3 is 23.7 Å². The summed E-state index contributed by atoms with van der Waals surface area (Å²) in [5, 5.41) is 0. The Morgan fingerprint density at radius 1 is 1.26 bits per heavy atom. The molecule has 2 aliphatic heterocycles. The van der Waals surface area contributed by atoms with Crippen molar-refractivity contribution in [1.82, 2.24) is 4.90 Å². The third kappa shape index (κ3) is 4.15. The lowest BCUT2D eigenvalue weighted by Gasteiger charge is -2.32. The van der Waals surface area contributed by atoms with Gasteiger partial charge in [0, 0.05) is 18.7 Å². The van der Waals surface area contributed by atoms with E-state index in [9.17, 15) is 4.79 Å². The number of carbonyl (C=O) groups is 1. The van der Waals surface area contributed by atoms with Gasteiger partial charge in [0.05, 0.1) is 37.4 Å². The quantitative estimate of drug-likeness (QED) is 0.751. The topological polar surface area (TPSA) is 57.2 Å². The van der Waals surface area contributed by atoms with Gasteiger partial charge in [0.25, 0.3) is 0 Å². The molecule has 27 heavy (non-hydrogen) atoms. The Morgan fingerprint density at radius 3 is 2.52 bits per heavy atom. The van der Waals surface area contributed by atoms with E-state index < -0.39 is 18.3 Å². The van der Waals surface area contributed by atoms with Crippen LogP contribution in [0.15, 0.2) is 18.2 Å². The molecule has 0 aromatic heterocycles. The van der Waals surface area contributed by atoms with Crippen molar-refractivity contribution in [1.29, 1.82) is 0 Å². The van der Waals surface area contributed by atoms with Gasteiger partial charge in [0.1, 0.15) is 5.75 Å². The maximum atomic E-state index is 12.8. The summed E-state index contributed by atoms with van der Waals surface area (Å²) in [5.74, 6) is 0.777. The van der Waals surface area contributed by atoms with E-state index in [2.05, 4.69) is 0 Å². The van der Waals surface area contributed by atoms with E-state index in [4.69, 9.17) is 18.8 Å². The van der Waals surface area contributed by atoms with Crippen molar-refractivity contribution in [3.8, 4) is 5.75 Å². The zero-order valence-electron chi connectivity index (χ0n) is 17.2. The van der Waals surface area contributed by atoms with Crippen LogP contribution in [0.2, 0.25) is 0 Å². The van der Waals surface area contributed by atoms with Gasteiger partial charge in [-0.1, -0.05) is 12.1 Å². The lowest BCUT2D eigenvalue weighted by Crippen LogP contribution is -2.45. The number of carbonyl (C=O) groups excluding carboxylic acids is 1. The molecule has 2 aliphatic rings. The second kappa shape index (κ2) is 7.45. The van der Waals surface area contributed by atoms with Crippen molar-refractivity contribution >= 4 is 18.5 Å². The summed E-state index contributed by atoms with van der Waals surface area (Å²) < 4.78 is 23.3. The predicted octanol–water partition coefficient (Wildman–Crippen LogP) is 1.78. The first-order valence-electron chi connectivity index (χ1n) is 9.55. The third-order valence-corrected chi connectivity index (χ3v) is 5.77. The summed E-state index contributed by atoms with van der Waals surface area (Å²) in [6, 6.07) is 5.78. The smallest absolute Gasteiger partial charge is 0.494 e. The molecule has 1 amide bonds. The number of hydrogen-bond donors (Lipinski definition) is 0. The Kier molecular flexibility index (Phi) is 5.57. The molecular formula is C20H30BNO5. The minimum Gasteiger partial charge on any atom is -0.496 e. The fourth-order valence-electron chi connectivity index (χ4n) is 3.38. The van der Waals surface area contributed by atoms with E-state index >= 15 is 0 Å². The van der Waals surface area contributed by atoms with E-state index in [0.29, 0.717) is 25.4 Å². The second-order valence-corrected chi connectivity index (χ2v) is 8.36. The lowest BCUT2D eigenvalue weighted by atomic mass is 9.78. The zero-order chi connectivity index (χ0) is 19.8. The van der Waals surface area contributed by atoms with E-state index in [-0.39, 0.29) is 18.4 Å². The molecule has 2 saturated heterocycles. The van der Waals surface area contributed by atoms with Crippen molar-refractivity contribution < 1.29 is 23.6 Å². The van der Waals surface area contributed by atoms with Gasteiger partial charge >= 0.3 is 7.12 Å². The van der Waals surface area contributed by atoms with E-state index in [1.807, 2.05) is 57.7 Å². The number of benzene rings is 1. The molecule has 3 rings (SSSR count). The van der Waals surface area contributed by atoms with Gasteiger partial charge in [-0.3, -0.25) is 4.79 Å². The van der Waals surface area contributed by atoms with Crippen LogP contribution in [-0.2, 0) is 25.3 Å². The highest BCUT2D eigenvalue weighted by Crippen LogP contribution is 2.36. The normalized spacial score (nSPS) is 24.1. The standard InChI is InChI=1S/C20H30BNO5/c1-14-13-22(9-10-25-14)18(23)12-15-11-16(7-8-17(15)24-6)21-26-19(2,3)20(4,5)27-21/h7-8,11,14H,9-10,12-13H2,1-6H3. The van der Waals surface area contributed by atoms with E-state index in [1.54, 1.807) is 7.11 Å². The van der Waals surface area contributed by atoms with Crippen LogP contribution in [-0.4, -0.2) is 62.0 Å². The summed E-state index contributed by atoms with van der Waals surface area (Å²) in [4.78, 5) is 14.6. The molecule has 148 valence electrons. The van der Waals surface area contributed by atoms with Crippen LogP contribution in [0.5, 0.6) is 5.75 Å². The second-order valence-electron chi connectivity index (χ2n) is 8.36. The predicted molar refractivity (Wildman–Crippen MR) is 104 cm³/mol. The average Bonchev–Trinajstić information content (AvgIpc) is 2.82. The Labute approximate surface area is 162 Å². The minimum atomic E-state index is -0.460. The molecule has 7 heteroatoms. The number of morpholine rings is 1. The first kappa shape index (κ1) is 20.2. The molecule has 2 fully saturated rings. The van der Waals surface area contributed by atoms with Gasteiger partial charge in [-0.05, 0) is 46.1 Å². The number of nitrogens with zero attached hydrogens (tertiary/aromatic N) is 1. The zero-order valence-corrected chi connectivity index (χ0v) is 17.2. The van der Waals surface area contributed by atoms with Gasteiger partial charge in [0.2, 0.25) is 5.91 Å². The lowest BCUT2D eigenvalue weighted by molar-refractivity contribution is -0.137. The number of ether oxygens (including phenoxy) is 2.